The molecule has 0 saturated carbocycles. The molecule has 0 radical (unpaired) electrons. The minimum atomic E-state index is -6.09. The van der Waals surface area contributed by atoms with E-state index in [4.69, 9.17) is 13.0 Å². The molecule has 0 aromatic heterocycles. The van der Waals surface area contributed by atoms with Crippen LogP contribution in [-0.2, 0) is 10.1 Å². The standard InChI is InChI=1S/C9H11F5I.CHF3O3S/c1-7(2,3)4-5-15-6-8(10,11)9(12,13)14;2-1(3,4)8(5,6)7/h6H2,1-3H3;(H,5,6,7)/q+1;/p-1. The van der Waals surface area contributed by atoms with Gasteiger partial charge in [-0.2, -0.15) is 35.1 Å². The highest BCUT2D eigenvalue weighted by Gasteiger charge is 2.60. The van der Waals surface area contributed by atoms with Gasteiger partial charge in [0.05, 0.1) is 0 Å². The number of hydrogen-bond acceptors (Lipinski definition) is 3. The van der Waals surface area contributed by atoms with Gasteiger partial charge in [-0.05, 0) is 26.7 Å². The molecule has 0 N–H and O–H groups in total. The Labute approximate surface area is 137 Å². The van der Waals surface area contributed by atoms with E-state index in [1.807, 2.05) is 0 Å². The van der Waals surface area contributed by atoms with E-state index in [1.165, 1.54) is 0 Å². The van der Waals surface area contributed by atoms with Crippen LogP contribution in [0, 0.1) is 15.3 Å². The first-order chi connectivity index (χ1) is 9.71. The van der Waals surface area contributed by atoms with E-state index >= 15 is 0 Å². The Morgan fingerprint density at radius 2 is 1.30 bits per heavy atom. The van der Waals surface area contributed by atoms with Crippen LogP contribution in [0.3, 0.4) is 0 Å². The largest absolute Gasteiger partial charge is 0.741 e. The molecule has 0 atom stereocenters. The van der Waals surface area contributed by atoms with E-state index in [0.29, 0.717) is 0 Å². The zero-order valence-corrected chi connectivity index (χ0v) is 14.7. The van der Waals surface area contributed by atoms with Gasteiger partial charge in [-0.3, -0.25) is 0 Å². The lowest BCUT2D eigenvalue weighted by molar-refractivity contribution is -0.598. The summed E-state index contributed by atoms with van der Waals surface area (Å²) in [4.78, 5) is 0. The van der Waals surface area contributed by atoms with E-state index in [1.54, 1.807) is 20.8 Å². The predicted molar refractivity (Wildman–Crippen MR) is 58.9 cm³/mol. The van der Waals surface area contributed by atoms with Crippen molar-refractivity contribution in [2.75, 3.05) is 4.43 Å². The highest BCUT2D eigenvalue weighted by molar-refractivity contribution is 7.86. The van der Waals surface area contributed by atoms with Gasteiger partial charge in [-0.1, -0.05) is 0 Å². The quantitative estimate of drug-likeness (QED) is 0.140. The number of halogens is 9. The smallest absolute Gasteiger partial charge is 0.485 e. The maximum absolute atomic E-state index is 12.4. The molecule has 0 aromatic carbocycles. The van der Waals surface area contributed by atoms with Crippen LogP contribution >= 0.6 is 0 Å². The summed E-state index contributed by atoms with van der Waals surface area (Å²) in [5.41, 5.74) is -6.00. The first kappa shape index (κ1) is 24.9. The molecule has 13 heteroatoms. The molecule has 0 spiro atoms. The van der Waals surface area contributed by atoms with Gasteiger partial charge in [0.25, 0.3) is 0 Å². The molecule has 0 aliphatic carbocycles. The molecule has 138 valence electrons. The maximum atomic E-state index is 12.4. The Morgan fingerprint density at radius 1 is 0.957 bits per heavy atom. The van der Waals surface area contributed by atoms with Crippen LogP contribution in [0.2, 0.25) is 0 Å². The van der Waals surface area contributed by atoms with Gasteiger partial charge in [-0.25, -0.2) is 8.42 Å². The monoisotopic (exact) mass is 490 g/mol. The fourth-order valence-electron chi connectivity index (χ4n) is 0.368. The van der Waals surface area contributed by atoms with E-state index < -0.39 is 53.4 Å². The minimum absolute atomic E-state index is 0.354. The van der Waals surface area contributed by atoms with Crippen LogP contribution < -0.4 is 21.2 Å². The summed E-state index contributed by atoms with van der Waals surface area (Å²) in [7, 11) is -6.09. The van der Waals surface area contributed by atoms with Crippen LogP contribution in [0.15, 0.2) is 0 Å². The molecule has 23 heavy (non-hydrogen) atoms. The maximum Gasteiger partial charge on any atom is 0.485 e. The van der Waals surface area contributed by atoms with Crippen molar-refractivity contribution in [3.63, 3.8) is 0 Å². The minimum Gasteiger partial charge on any atom is -0.741 e. The lowest BCUT2D eigenvalue weighted by Gasteiger charge is -2.13. The molecule has 0 aliphatic rings. The molecule has 0 fully saturated rings. The molecule has 0 saturated heterocycles. The van der Waals surface area contributed by atoms with Crippen LogP contribution in [0.4, 0.5) is 35.1 Å². The van der Waals surface area contributed by atoms with Gasteiger partial charge in [0.1, 0.15) is 0 Å². The summed E-state index contributed by atoms with van der Waals surface area (Å²) in [5, 5.41) is 0. The summed E-state index contributed by atoms with van der Waals surface area (Å²) in [6, 6.07) is 0. The second-order valence-electron chi connectivity index (χ2n) is 4.84. The molecule has 0 aliphatic heterocycles. The predicted octanol–water partition coefficient (Wildman–Crippen LogP) is 0.331. The average Bonchev–Trinajstić information content (AvgIpc) is 2.19. The molecular weight excluding hydrogens is 479 g/mol. The molecule has 3 nitrogen and oxygen atoms in total. The van der Waals surface area contributed by atoms with Crippen molar-refractivity contribution >= 4 is 10.1 Å². The molecule has 0 aromatic rings. The topological polar surface area (TPSA) is 57.2 Å². The third-order valence-electron chi connectivity index (χ3n) is 1.42. The second-order valence-corrected chi connectivity index (χ2v) is 8.27. The van der Waals surface area contributed by atoms with Crippen molar-refractivity contribution in [3.8, 4) is 9.85 Å². The Balaban J connectivity index is 0. The first-order valence-electron chi connectivity index (χ1n) is 5.28. The van der Waals surface area contributed by atoms with Gasteiger partial charge in [-0.15, -0.1) is 0 Å². The lowest BCUT2D eigenvalue weighted by Crippen LogP contribution is -3.61. The second kappa shape index (κ2) is 8.15. The van der Waals surface area contributed by atoms with E-state index in [-0.39, 0.29) is 5.41 Å². The Kier molecular flexibility index (Phi) is 8.81. The number of alkyl halides is 9. The van der Waals surface area contributed by atoms with Crippen LogP contribution in [-0.4, -0.2) is 35.0 Å². The van der Waals surface area contributed by atoms with Crippen molar-refractivity contribution in [1.29, 1.82) is 0 Å². The average molecular weight is 490 g/mol. The third kappa shape index (κ3) is 11.8. The molecule has 0 heterocycles. The van der Waals surface area contributed by atoms with Crippen LogP contribution in [0.5, 0.6) is 0 Å². The van der Waals surface area contributed by atoms with Crippen molar-refractivity contribution in [1.82, 2.24) is 0 Å². The van der Waals surface area contributed by atoms with Crippen molar-refractivity contribution < 1.29 is 69.3 Å². The van der Waals surface area contributed by atoms with Crippen LogP contribution in [0.25, 0.3) is 0 Å². The van der Waals surface area contributed by atoms with Gasteiger partial charge < -0.3 is 4.55 Å². The molecular formula is C10H11F8IO3S. The summed E-state index contributed by atoms with van der Waals surface area (Å²) in [6.45, 7) is 5.31. The Bertz CT molecular complexity index is 534. The summed E-state index contributed by atoms with van der Waals surface area (Å²) in [6.07, 6.45) is -5.45. The fraction of sp³-hybridized carbons (Fsp3) is 0.800. The van der Waals surface area contributed by atoms with E-state index in [2.05, 4.69) is 9.85 Å². The van der Waals surface area contributed by atoms with Gasteiger partial charge in [0, 0.05) is 5.41 Å². The fourth-order valence-corrected chi connectivity index (χ4v) is 2.47. The lowest BCUT2D eigenvalue weighted by atomic mass is 9.99. The first-order valence-corrected chi connectivity index (χ1v) is 9.29. The Hall–Kier alpha value is -0.360. The number of rotatable bonds is 2. The highest BCUT2D eigenvalue weighted by atomic mass is 127. The molecule has 0 rings (SSSR count). The van der Waals surface area contributed by atoms with Crippen molar-refractivity contribution in [2.24, 2.45) is 5.41 Å². The van der Waals surface area contributed by atoms with Crippen molar-refractivity contribution in [3.05, 3.63) is 0 Å². The zero-order valence-electron chi connectivity index (χ0n) is 11.7. The highest BCUT2D eigenvalue weighted by Crippen LogP contribution is 2.33. The van der Waals surface area contributed by atoms with Gasteiger partial charge in [0.15, 0.2) is 14.0 Å². The summed E-state index contributed by atoms with van der Waals surface area (Å²) >= 11 is -1.43. The van der Waals surface area contributed by atoms with Crippen LogP contribution in [0.1, 0.15) is 20.8 Å². The number of hydrogen-bond donors (Lipinski definition) is 0. The summed E-state index contributed by atoms with van der Waals surface area (Å²) < 4.78 is 120. The molecule has 0 amide bonds. The van der Waals surface area contributed by atoms with Crippen molar-refractivity contribution in [2.45, 2.75) is 38.4 Å². The normalized spacial score (nSPS) is 13.6. The van der Waals surface area contributed by atoms with E-state index in [9.17, 15) is 35.1 Å². The zero-order chi connectivity index (χ0) is 19.3. The summed E-state index contributed by atoms with van der Waals surface area (Å²) in [5.74, 6) is -1.95. The van der Waals surface area contributed by atoms with Gasteiger partial charge >= 0.3 is 38.8 Å². The Morgan fingerprint density at radius 3 is 1.52 bits per heavy atom. The van der Waals surface area contributed by atoms with E-state index in [0.717, 1.165) is 0 Å². The third-order valence-corrected chi connectivity index (χ3v) is 3.98. The SMILES string of the molecule is CC(C)(C)C#C[I+]CC(F)(F)C(F)(F)F.O=S(=O)([O-])C(F)(F)F. The molecule has 0 bridgehead atoms. The molecule has 0 unspecified atom stereocenters. The van der Waals surface area contributed by atoms with Gasteiger partial charge in [0.2, 0.25) is 4.43 Å².